The summed E-state index contributed by atoms with van der Waals surface area (Å²) in [6, 6.07) is 8.95. The zero-order chi connectivity index (χ0) is 24.4. The van der Waals surface area contributed by atoms with Crippen molar-refractivity contribution in [1.29, 1.82) is 0 Å². The number of nitrogens with one attached hydrogen (secondary N) is 1. The van der Waals surface area contributed by atoms with Gasteiger partial charge in [-0.05, 0) is 80.8 Å². The van der Waals surface area contributed by atoms with Crippen molar-refractivity contribution in [3.8, 4) is 11.3 Å². The van der Waals surface area contributed by atoms with Crippen LogP contribution in [0.2, 0.25) is 0 Å². The number of aryl methyl sites for hydroxylation is 2. The highest BCUT2D eigenvalue weighted by atomic mass is 32.1. The van der Waals surface area contributed by atoms with Gasteiger partial charge in [-0.15, -0.1) is 11.3 Å². The molecule has 7 heteroatoms. The Labute approximate surface area is 209 Å². The fraction of sp³-hybridized carbons (Fsp3) is 0.393. The number of carbonyl (C=O) groups excluding carboxylic acids is 1. The summed E-state index contributed by atoms with van der Waals surface area (Å²) in [6.07, 6.45) is 11.6. The summed E-state index contributed by atoms with van der Waals surface area (Å²) in [6.45, 7) is 1.87. The Hall–Kier alpha value is -3.19. The number of amides is 1. The minimum atomic E-state index is -0.950. The molecule has 0 saturated heterocycles. The average molecular weight is 491 g/mol. The van der Waals surface area contributed by atoms with Crippen LogP contribution in [0, 0.1) is 6.92 Å². The van der Waals surface area contributed by atoms with Crippen molar-refractivity contribution in [1.82, 2.24) is 5.32 Å². The molecular weight excluding hydrogens is 460 g/mol. The number of aromatic carboxylic acids is 1. The van der Waals surface area contributed by atoms with Gasteiger partial charge in [0.1, 0.15) is 16.5 Å². The lowest BCUT2D eigenvalue weighted by molar-refractivity contribution is 0.0696. The van der Waals surface area contributed by atoms with Crippen LogP contribution in [0.5, 0.6) is 0 Å². The smallest absolute Gasteiger partial charge is 0.335 e. The fourth-order valence-corrected chi connectivity index (χ4v) is 6.37. The van der Waals surface area contributed by atoms with Gasteiger partial charge in [0.2, 0.25) is 0 Å². The van der Waals surface area contributed by atoms with Crippen molar-refractivity contribution in [2.45, 2.75) is 70.8 Å². The predicted molar refractivity (Wildman–Crippen MR) is 138 cm³/mol. The first kappa shape index (κ1) is 23.5. The zero-order valence-electron chi connectivity index (χ0n) is 19.9. The maximum Gasteiger partial charge on any atom is 0.335 e. The lowest BCUT2D eigenvalue weighted by Gasteiger charge is -2.23. The molecule has 182 valence electrons. The fourth-order valence-electron chi connectivity index (χ4n) is 5.14. The molecule has 0 radical (unpaired) electrons. The molecule has 2 N–H and O–H groups in total. The van der Waals surface area contributed by atoms with E-state index < -0.39 is 5.97 Å². The summed E-state index contributed by atoms with van der Waals surface area (Å²) in [5, 5.41) is 13.2. The predicted octanol–water partition coefficient (Wildman–Crippen LogP) is 6.71. The summed E-state index contributed by atoms with van der Waals surface area (Å²) >= 11 is 1.63. The van der Waals surface area contributed by atoms with Crippen LogP contribution in [-0.2, 0) is 12.8 Å². The maximum atomic E-state index is 13.3. The van der Waals surface area contributed by atoms with Crippen molar-refractivity contribution in [2.24, 2.45) is 4.99 Å². The Morgan fingerprint density at radius 3 is 2.66 bits per heavy atom. The van der Waals surface area contributed by atoms with Crippen molar-refractivity contribution in [2.75, 3.05) is 0 Å². The molecule has 5 rings (SSSR count). The number of aliphatic imine (C=N–C) groups is 1. The van der Waals surface area contributed by atoms with Crippen LogP contribution in [-0.4, -0.2) is 29.2 Å². The molecule has 1 amide bonds. The first-order valence-corrected chi connectivity index (χ1v) is 13.2. The van der Waals surface area contributed by atoms with Crippen LogP contribution < -0.4 is 5.32 Å². The van der Waals surface area contributed by atoms with Crippen molar-refractivity contribution >= 4 is 34.4 Å². The van der Waals surface area contributed by atoms with Gasteiger partial charge in [0.25, 0.3) is 5.91 Å². The van der Waals surface area contributed by atoms with E-state index in [0.29, 0.717) is 11.5 Å². The molecule has 2 aromatic heterocycles. The number of hydrogen-bond donors (Lipinski definition) is 2. The quantitative estimate of drug-likeness (QED) is 0.376. The second kappa shape index (κ2) is 10.2. The number of carbonyl (C=O) groups is 2. The summed E-state index contributed by atoms with van der Waals surface area (Å²) in [7, 11) is 0. The van der Waals surface area contributed by atoms with E-state index in [1.54, 1.807) is 35.8 Å². The number of fused-ring (bicyclic) bond motifs is 1. The van der Waals surface area contributed by atoms with Crippen LogP contribution in [0.4, 0.5) is 5.00 Å². The van der Waals surface area contributed by atoms with E-state index in [0.717, 1.165) is 60.2 Å². The van der Waals surface area contributed by atoms with Gasteiger partial charge in [-0.3, -0.25) is 4.79 Å². The van der Waals surface area contributed by atoms with E-state index in [1.165, 1.54) is 29.7 Å². The highest BCUT2D eigenvalue weighted by molar-refractivity contribution is 7.16. The lowest BCUT2D eigenvalue weighted by atomic mass is 9.93. The summed E-state index contributed by atoms with van der Waals surface area (Å²) in [5.74, 6) is 0.306. The molecule has 0 atom stereocenters. The number of carboxylic acid groups (broad SMARTS) is 1. The summed E-state index contributed by atoms with van der Waals surface area (Å²) in [4.78, 5) is 30.6. The third-order valence-corrected chi connectivity index (χ3v) is 8.19. The van der Waals surface area contributed by atoms with Gasteiger partial charge in [0.15, 0.2) is 0 Å². The van der Waals surface area contributed by atoms with Gasteiger partial charge in [-0.2, -0.15) is 0 Å². The Balaban J connectivity index is 1.39. The minimum absolute atomic E-state index is 0.0118. The highest BCUT2D eigenvalue weighted by Crippen LogP contribution is 2.40. The second-order valence-corrected chi connectivity index (χ2v) is 10.6. The van der Waals surface area contributed by atoms with Crippen LogP contribution in [0.15, 0.2) is 39.7 Å². The number of nitrogens with zero attached hydrogens (tertiary/aromatic N) is 1. The van der Waals surface area contributed by atoms with E-state index in [2.05, 4.69) is 5.32 Å². The number of furan rings is 1. The molecule has 1 saturated carbocycles. The van der Waals surface area contributed by atoms with E-state index >= 15 is 0 Å². The zero-order valence-corrected chi connectivity index (χ0v) is 20.7. The average Bonchev–Trinajstić information content (AvgIpc) is 3.47. The molecule has 1 aromatic carbocycles. The SMILES string of the molecule is Cc1cc(C(=O)O)ccc1-c1ccc(C=Nc2sc3c(c2C(=O)NC2CCCCC2)CCCC3)o1. The van der Waals surface area contributed by atoms with E-state index in [4.69, 9.17) is 9.41 Å². The molecule has 1 fully saturated rings. The Kier molecular flexibility index (Phi) is 6.86. The third-order valence-electron chi connectivity index (χ3n) is 6.99. The standard InChI is InChI=1S/C28H30N2O4S/c1-17-15-18(28(32)33)11-13-21(17)23-14-12-20(34-23)16-29-27-25(22-9-5-6-10-24(22)35-27)26(31)30-19-7-3-2-4-8-19/h11-16,19H,2-10H2,1H3,(H,30,31)(H,32,33). The first-order chi connectivity index (χ1) is 17.0. The van der Waals surface area contributed by atoms with E-state index in [-0.39, 0.29) is 17.5 Å². The molecule has 0 spiro atoms. The molecule has 2 heterocycles. The normalized spacial score (nSPS) is 16.4. The van der Waals surface area contributed by atoms with Crippen LogP contribution in [0.3, 0.4) is 0 Å². The Morgan fingerprint density at radius 2 is 1.89 bits per heavy atom. The van der Waals surface area contributed by atoms with Gasteiger partial charge in [-0.1, -0.05) is 25.3 Å². The summed E-state index contributed by atoms with van der Waals surface area (Å²) in [5.41, 5.74) is 3.85. The van der Waals surface area contributed by atoms with Gasteiger partial charge in [-0.25, -0.2) is 9.79 Å². The first-order valence-electron chi connectivity index (χ1n) is 12.4. The molecule has 0 bridgehead atoms. The van der Waals surface area contributed by atoms with Gasteiger partial charge < -0.3 is 14.8 Å². The Morgan fingerprint density at radius 1 is 1.09 bits per heavy atom. The largest absolute Gasteiger partial charge is 0.478 e. The number of rotatable bonds is 6. The number of thiophene rings is 1. The van der Waals surface area contributed by atoms with Gasteiger partial charge in [0, 0.05) is 16.5 Å². The molecule has 0 unspecified atom stereocenters. The van der Waals surface area contributed by atoms with Crippen molar-refractivity contribution in [3.05, 3.63) is 63.2 Å². The third kappa shape index (κ3) is 5.10. The van der Waals surface area contributed by atoms with Crippen LogP contribution >= 0.6 is 11.3 Å². The van der Waals surface area contributed by atoms with Crippen molar-refractivity contribution < 1.29 is 19.1 Å². The van der Waals surface area contributed by atoms with Gasteiger partial charge in [0.05, 0.1) is 17.3 Å². The molecular formula is C28H30N2O4S. The van der Waals surface area contributed by atoms with E-state index in [1.807, 2.05) is 19.1 Å². The molecule has 2 aliphatic carbocycles. The van der Waals surface area contributed by atoms with Gasteiger partial charge >= 0.3 is 5.97 Å². The topological polar surface area (TPSA) is 91.9 Å². The van der Waals surface area contributed by atoms with Crippen LogP contribution in [0.25, 0.3) is 11.3 Å². The number of benzene rings is 1. The number of hydrogen-bond acceptors (Lipinski definition) is 5. The Bertz CT molecular complexity index is 1280. The summed E-state index contributed by atoms with van der Waals surface area (Å²) < 4.78 is 6.00. The molecule has 35 heavy (non-hydrogen) atoms. The molecule has 0 aliphatic heterocycles. The van der Waals surface area contributed by atoms with Crippen molar-refractivity contribution in [3.63, 3.8) is 0 Å². The monoisotopic (exact) mass is 490 g/mol. The molecule has 2 aliphatic rings. The van der Waals surface area contributed by atoms with Crippen LogP contribution in [0.1, 0.15) is 87.4 Å². The number of carboxylic acids is 1. The maximum absolute atomic E-state index is 13.3. The minimum Gasteiger partial charge on any atom is -0.478 e. The lowest BCUT2D eigenvalue weighted by Crippen LogP contribution is -2.36. The van der Waals surface area contributed by atoms with E-state index in [9.17, 15) is 14.7 Å². The molecule has 3 aromatic rings. The second-order valence-electron chi connectivity index (χ2n) is 9.49. The highest BCUT2D eigenvalue weighted by Gasteiger charge is 2.27. The molecule has 6 nitrogen and oxygen atoms in total.